The van der Waals surface area contributed by atoms with Gasteiger partial charge in [-0.3, -0.25) is 4.79 Å². The number of aromatic carboxylic acids is 1. The summed E-state index contributed by atoms with van der Waals surface area (Å²) in [7, 11) is 0. The monoisotopic (exact) mass is 406 g/mol. The van der Waals surface area contributed by atoms with E-state index in [9.17, 15) is 9.59 Å². The Labute approximate surface area is 177 Å². The van der Waals surface area contributed by atoms with Crippen LogP contribution < -0.4 is 10.6 Å². The molecule has 2 aromatic carbocycles. The van der Waals surface area contributed by atoms with Gasteiger partial charge in [-0.15, -0.1) is 0 Å². The van der Waals surface area contributed by atoms with Gasteiger partial charge < -0.3 is 15.7 Å². The molecule has 2 aliphatic rings. The van der Waals surface area contributed by atoms with Crippen LogP contribution in [-0.2, 0) is 4.79 Å². The summed E-state index contributed by atoms with van der Waals surface area (Å²) in [5.41, 5.74) is 9.12. The standard InChI is InChI=1S/C25H30N2O3/c1-16(23(24(26)28)17-10-12-18(13-11-17)25(29)30)21-8-4-5-9-22(21)27-14-19-6-2-3-7-20(19)15-27/h4-5,8-13,16,19-20,23H,2-3,6-7,14-15H2,1H3,(H2,26,28)(H,29,30). The second kappa shape index (κ2) is 8.50. The Morgan fingerprint density at radius 1 is 1.00 bits per heavy atom. The second-order valence-electron chi connectivity index (χ2n) is 8.86. The number of carboxylic acid groups (broad SMARTS) is 1. The van der Waals surface area contributed by atoms with Gasteiger partial charge in [-0.25, -0.2) is 4.79 Å². The Bertz CT molecular complexity index is 910. The average molecular weight is 407 g/mol. The van der Waals surface area contributed by atoms with E-state index in [4.69, 9.17) is 10.8 Å². The number of hydrogen-bond acceptors (Lipinski definition) is 3. The van der Waals surface area contributed by atoms with Crippen LogP contribution in [0, 0.1) is 11.8 Å². The van der Waals surface area contributed by atoms with Crippen molar-refractivity contribution in [2.24, 2.45) is 17.6 Å². The van der Waals surface area contributed by atoms with Gasteiger partial charge in [-0.2, -0.15) is 0 Å². The largest absolute Gasteiger partial charge is 0.478 e. The molecule has 0 spiro atoms. The van der Waals surface area contributed by atoms with Gasteiger partial charge in [-0.1, -0.05) is 50.1 Å². The Balaban J connectivity index is 1.64. The minimum Gasteiger partial charge on any atom is -0.478 e. The van der Waals surface area contributed by atoms with Crippen LogP contribution in [0.5, 0.6) is 0 Å². The third kappa shape index (κ3) is 3.93. The van der Waals surface area contributed by atoms with Gasteiger partial charge >= 0.3 is 5.97 Å². The van der Waals surface area contributed by atoms with Crippen molar-refractivity contribution >= 4 is 17.6 Å². The maximum absolute atomic E-state index is 12.5. The van der Waals surface area contributed by atoms with Gasteiger partial charge in [-0.05, 0) is 59.9 Å². The van der Waals surface area contributed by atoms with Crippen LogP contribution in [0.3, 0.4) is 0 Å². The first-order valence-corrected chi connectivity index (χ1v) is 10.9. The van der Waals surface area contributed by atoms with Crippen molar-refractivity contribution in [2.75, 3.05) is 18.0 Å². The summed E-state index contributed by atoms with van der Waals surface area (Å²) in [5, 5.41) is 9.16. The second-order valence-corrected chi connectivity index (χ2v) is 8.86. The Hall–Kier alpha value is -2.82. The normalized spacial score (nSPS) is 22.9. The quantitative estimate of drug-likeness (QED) is 0.745. The number of anilines is 1. The van der Waals surface area contributed by atoms with Crippen molar-refractivity contribution in [2.45, 2.75) is 44.4 Å². The summed E-state index contributed by atoms with van der Waals surface area (Å²) in [6.07, 6.45) is 5.31. The van der Waals surface area contributed by atoms with Crippen molar-refractivity contribution in [3.05, 3.63) is 65.2 Å². The maximum atomic E-state index is 12.5. The molecule has 0 radical (unpaired) electrons. The lowest BCUT2D eigenvalue weighted by molar-refractivity contribution is -0.119. The molecule has 5 nitrogen and oxygen atoms in total. The van der Waals surface area contributed by atoms with Crippen molar-refractivity contribution < 1.29 is 14.7 Å². The van der Waals surface area contributed by atoms with E-state index in [1.54, 1.807) is 12.1 Å². The van der Waals surface area contributed by atoms with Gasteiger partial charge in [0.2, 0.25) is 5.91 Å². The summed E-state index contributed by atoms with van der Waals surface area (Å²) < 4.78 is 0. The SMILES string of the molecule is CC(c1ccccc1N1CC2CCCCC2C1)C(C(N)=O)c1ccc(C(=O)O)cc1. The molecule has 0 bridgehead atoms. The van der Waals surface area contributed by atoms with Crippen molar-refractivity contribution in [1.29, 1.82) is 0 Å². The number of carboxylic acids is 1. The number of nitrogens with zero attached hydrogens (tertiary/aromatic N) is 1. The van der Waals surface area contributed by atoms with Gasteiger partial charge in [0, 0.05) is 18.8 Å². The molecule has 1 saturated carbocycles. The first kappa shape index (κ1) is 20.5. The van der Waals surface area contributed by atoms with Crippen molar-refractivity contribution in [3.8, 4) is 0 Å². The van der Waals surface area contributed by atoms with E-state index in [0.29, 0.717) is 0 Å². The highest BCUT2D eigenvalue weighted by Gasteiger charge is 2.36. The van der Waals surface area contributed by atoms with E-state index in [1.807, 2.05) is 13.0 Å². The lowest BCUT2D eigenvalue weighted by Crippen LogP contribution is -2.28. The molecule has 158 valence electrons. The van der Waals surface area contributed by atoms with E-state index < -0.39 is 17.8 Å². The fraction of sp³-hybridized carbons (Fsp3) is 0.440. The van der Waals surface area contributed by atoms with Crippen LogP contribution in [0.4, 0.5) is 5.69 Å². The number of fused-ring (bicyclic) bond motifs is 1. The fourth-order valence-corrected chi connectivity index (χ4v) is 5.48. The molecular formula is C25H30N2O3. The molecule has 2 fully saturated rings. The highest BCUT2D eigenvalue weighted by atomic mass is 16.4. The van der Waals surface area contributed by atoms with Crippen molar-refractivity contribution in [1.82, 2.24) is 0 Å². The zero-order valence-corrected chi connectivity index (χ0v) is 17.5. The molecular weight excluding hydrogens is 376 g/mol. The zero-order valence-electron chi connectivity index (χ0n) is 17.5. The minimum absolute atomic E-state index is 0.114. The van der Waals surface area contributed by atoms with E-state index >= 15 is 0 Å². The minimum atomic E-state index is -0.980. The van der Waals surface area contributed by atoms with Gasteiger partial charge in [0.05, 0.1) is 11.5 Å². The molecule has 1 saturated heterocycles. The highest BCUT2D eigenvalue weighted by molar-refractivity contribution is 5.88. The molecule has 1 heterocycles. The molecule has 2 aromatic rings. The molecule has 0 aromatic heterocycles. The summed E-state index contributed by atoms with van der Waals surface area (Å²) in [5.74, 6) is -0.451. The van der Waals surface area contributed by atoms with E-state index in [1.165, 1.54) is 43.5 Å². The average Bonchev–Trinajstić information content (AvgIpc) is 3.18. The zero-order chi connectivity index (χ0) is 21.3. The Kier molecular flexibility index (Phi) is 5.80. The summed E-state index contributed by atoms with van der Waals surface area (Å²) in [4.78, 5) is 26.1. The third-order valence-electron chi connectivity index (χ3n) is 7.07. The lowest BCUT2D eigenvalue weighted by Gasteiger charge is -2.28. The van der Waals surface area contributed by atoms with Crippen LogP contribution in [0.25, 0.3) is 0 Å². The molecule has 3 N–H and O–H groups in total. The number of primary amides is 1. The molecule has 4 rings (SSSR count). The van der Waals surface area contributed by atoms with Gasteiger partial charge in [0.15, 0.2) is 0 Å². The Morgan fingerprint density at radius 2 is 1.60 bits per heavy atom. The number of nitrogens with two attached hydrogens (primary N) is 1. The molecule has 4 atom stereocenters. The van der Waals surface area contributed by atoms with E-state index in [0.717, 1.165) is 36.1 Å². The topological polar surface area (TPSA) is 83.6 Å². The van der Waals surface area contributed by atoms with Gasteiger partial charge in [0.1, 0.15) is 0 Å². The van der Waals surface area contributed by atoms with Crippen LogP contribution >= 0.6 is 0 Å². The van der Waals surface area contributed by atoms with Crippen LogP contribution in [0.15, 0.2) is 48.5 Å². The predicted octanol–water partition coefficient (Wildman–Crippen LogP) is 4.38. The molecule has 30 heavy (non-hydrogen) atoms. The van der Waals surface area contributed by atoms with Crippen molar-refractivity contribution in [3.63, 3.8) is 0 Å². The molecule has 5 heteroatoms. The number of rotatable bonds is 6. The molecule has 4 unspecified atom stereocenters. The first-order valence-electron chi connectivity index (χ1n) is 10.9. The number of amides is 1. The number of benzene rings is 2. The first-order chi connectivity index (χ1) is 14.5. The smallest absolute Gasteiger partial charge is 0.335 e. The maximum Gasteiger partial charge on any atom is 0.335 e. The fourth-order valence-electron chi connectivity index (χ4n) is 5.48. The third-order valence-corrected chi connectivity index (χ3v) is 7.07. The van der Waals surface area contributed by atoms with Gasteiger partial charge in [0.25, 0.3) is 0 Å². The summed E-state index contributed by atoms with van der Waals surface area (Å²) in [6, 6.07) is 14.8. The number of para-hydroxylation sites is 1. The van der Waals surface area contributed by atoms with Crippen LogP contribution in [0.2, 0.25) is 0 Å². The van der Waals surface area contributed by atoms with Crippen LogP contribution in [-0.4, -0.2) is 30.1 Å². The molecule has 1 aliphatic heterocycles. The molecule has 1 amide bonds. The number of carbonyl (C=O) groups is 2. The van der Waals surface area contributed by atoms with Crippen LogP contribution in [0.1, 0.15) is 65.9 Å². The summed E-state index contributed by atoms with van der Waals surface area (Å²) >= 11 is 0. The molecule has 1 aliphatic carbocycles. The summed E-state index contributed by atoms with van der Waals surface area (Å²) in [6.45, 7) is 4.22. The van der Waals surface area contributed by atoms with E-state index in [-0.39, 0.29) is 11.5 Å². The lowest BCUT2D eigenvalue weighted by atomic mass is 9.81. The Morgan fingerprint density at radius 3 is 2.17 bits per heavy atom. The van der Waals surface area contributed by atoms with E-state index in [2.05, 4.69) is 23.1 Å². The predicted molar refractivity (Wildman–Crippen MR) is 118 cm³/mol. The number of hydrogen-bond donors (Lipinski definition) is 2. The highest BCUT2D eigenvalue weighted by Crippen LogP contribution is 2.42. The number of carbonyl (C=O) groups excluding carboxylic acids is 1.